The van der Waals surface area contributed by atoms with Gasteiger partial charge in [-0.25, -0.2) is 0 Å². The summed E-state index contributed by atoms with van der Waals surface area (Å²) in [5.74, 6) is -0.385. The summed E-state index contributed by atoms with van der Waals surface area (Å²) in [6.07, 6.45) is 0.878. The standard InChI is InChI=1S/C14H19ClN2O3/c1-2-20-14(19)8-5-9-16-13(18)10-17-12-7-4-3-6-11(12)15/h3-4,6-7,17H,2,5,8-10H2,1H3,(H,16,18). The highest BCUT2D eigenvalue weighted by atomic mass is 35.5. The van der Waals surface area contributed by atoms with E-state index in [0.29, 0.717) is 31.0 Å². The van der Waals surface area contributed by atoms with Gasteiger partial charge in [-0.2, -0.15) is 0 Å². The van der Waals surface area contributed by atoms with Gasteiger partial charge in [0.2, 0.25) is 5.91 Å². The number of carbonyl (C=O) groups excluding carboxylic acids is 2. The van der Waals surface area contributed by atoms with Crippen molar-refractivity contribution in [2.45, 2.75) is 19.8 Å². The van der Waals surface area contributed by atoms with Crippen LogP contribution in [0.15, 0.2) is 24.3 Å². The van der Waals surface area contributed by atoms with Crippen molar-refractivity contribution < 1.29 is 14.3 Å². The van der Waals surface area contributed by atoms with Gasteiger partial charge in [-0.15, -0.1) is 0 Å². The van der Waals surface area contributed by atoms with Crippen LogP contribution in [0.1, 0.15) is 19.8 Å². The quantitative estimate of drug-likeness (QED) is 0.570. The molecule has 0 unspecified atom stereocenters. The molecule has 0 saturated heterocycles. The lowest BCUT2D eigenvalue weighted by Gasteiger charge is -2.08. The highest BCUT2D eigenvalue weighted by Crippen LogP contribution is 2.19. The lowest BCUT2D eigenvalue weighted by Crippen LogP contribution is -2.30. The summed E-state index contributed by atoms with van der Waals surface area (Å²) >= 11 is 5.95. The van der Waals surface area contributed by atoms with Crippen molar-refractivity contribution in [3.05, 3.63) is 29.3 Å². The van der Waals surface area contributed by atoms with Crippen molar-refractivity contribution in [1.29, 1.82) is 0 Å². The molecular formula is C14H19ClN2O3. The number of benzene rings is 1. The number of esters is 1. The van der Waals surface area contributed by atoms with Gasteiger partial charge >= 0.3 is 5.97 Å². The molecule has 2 N–H and O–H groups in total. The van der Waals surface area contributed by atoms with Gasteiger partial charge in [0.15, 0.2) is 0 Å². The van der Waals surface area contributed by atoms with Crippen molar-refractivity contribution >= 4 is 29.2 Å². The predicted molar refractivity (Wildman–Crippen MR) is 78.8 cm³/mol. The van der Waals surface area contributed by atoms with Crippen LogP contribution in [0.3, 0.4) is 0 Å². The van der Waals surface area contributed by atoms with E-state index in [1.807, 2.05) is 12.1 Å². The third kappa shape index (κ3) is 6.43. The first-order chi connectivity index (χ1) is 9.63. The molecule has 0 atom stereocenters. The third-order valence-corrected chi connectivity index (χ3v) is 2.83. The average molecular weight is 299 g/mol. The molecule has 6 heteroatoms. The maximum Gasteiger partial charge on any atom is 0.305 e. The summed E-state index contributed by atoms with van der Waals surface area (Å²) < 4.78 is 4.79. The zero-order chi connectivity index (χ0) is 14.8. The predicted octanol–water partition coefficient (Wildman–Crippen LogP) is 2.21. The number of hydrogen-bond donors (Lipinski definition) is 2. The van der Waals surface area contributed by atoms with E-state index in [4.69, 9.17) is 16.3 Å². The highest BCUT2D eigenvalue weighted by molar-refractivity contribution is 6.33. The first kappa shape index (κ1) is 16.3. The Kier molecular flexibility index (Phi) is 7.50. The molecule has 0 radical (unpaired) electrons. The lowest BCUT2D eigenvalue weighted by atomic mass is 10.3. The van der Waals surface area contributed by atoms with Crippen LogP contribution < -0.4 is 10.6 Å². The molecule has 5 nitrogen and oxygen atoms in total. The number of carbonyl (C=O) groups is 2. The topological polar surface area (TPSA) is 67.4 Å². The van der Waals surface area contributed by atoms with Crippen molar-refractivity contribution in [3.63, 3.8) is 0 Å². The molecule has 0 fully saturated rings. The third-order valence-electron chi connectivity index (χ3n) is 2.50. The number of anilines is 1. The van der Waals surface area contributed by atoms with E-state index in [-0.39, 0.29) is 18.4 Å². The molecule has 0 aliphatic rings. The molecule has 1 aromatic carbocycles. The Balaban J connectivity index is 2.15. The van der Waals surface area contributed by atoms with Crippen LogP contribution in [0.2, 0.25) is 5.02 Å². The molecule has 0 saturated carbocycles. The van der Waals surface area contributed by atoms with E-state index in [1.165, 1.54) is 0 Å². The van der Waals surface area contributed by atoms with Gasteiger partial charge in [-0.1, -0.05) is 23.7 Å². The first-order valence-corrected chi connectivity index (χ1v) is 6.92. The zero-order valence-electron chi connectivity index (χ0n) is 11.4. The Morgan fingerprint density at radius 2 is 2.05 bits per heavy atom. The second kappa shape index (κ2) is 9.20. The summed E-state index contributed by atoms with van der Waals surface area (Å²) in [6.45, 7) is 2.73. The van der Waals surface area contributed by atoms with Crippen LogP contribution in [0.5, 0.6) is 0 Å². The molecule has 0 spiro atoms. The van der Waals surface area contributed by atoms with Gasteiger partial charge in [0.05, 0.1) is 23.9 Å². The van der Waals surface area contributed by atoms with E-state index < -0.39 is 0 Å². The van der Waals surface area contributed by atoms with E-state index in [1.54, 1.807) is 19.1 Å². The summed E-state index contributed by atoms with van der Waals surface area (Å²) in [7, 11) is 0. The first-order valence-electron chi connectivity index (χ1n) is 6.54. The van der Waals surface area contributed by atoms with Crippen LogP contribution in [-0.4, -0.2) is 31.6 Å². The molecule has 1 aromatic rings. The minimum absolute atomic E-state index is 0.142. The van der Waals surface area contributed by atoms with Crippen LogP contribution >= 0.6 is 11.6 Å². The Bertz CT molecular complexity index is 452. The highest BCUT2D eigenvalue weighted by Gasteiger charge is 2.04. The Hall–Kier alpha value is -1.75. The maximum absolute atomic E-state index is 11.6. The van der Waals surface area contributed by atoms with E-state index in [9.17, 15) is 9.59 Å². The summed E-state index contributed by atoms with van der Waals surface area (Å²) in [6, 6.07) is 7.21. The van der Waals surface area contributed by atoms with Crippen LogP contribution in [0.4, 0.5) is 5.69 Å². The largest absolute Gasteiger partial charge is 0.466 e. The van der Waals surface area contributed by atoms with Gasteiger partial charge in [0, 0.05) is 13.0 Å². The van der Waals surface area contributed by atoms with Gasteiger partial charge in [0.25, 0.3) is 0 Å². The molecule has 0 bridgehead atoms. The second-order valence-electron chi connectivity index (χ2n) is 4.09. The number of hydrogen-bond acceptors (Lipinski definition) is 4. The minimum Gasteiger partial charge on any atom is -0.466 e. The number of amides is 1. The van der Waals surface area contributed by atoms with E-state index in [2.05, 4.69) is 10.6 Å². The Labute approximate surface area is 123 Å². The van der Waals surface area contributed by atoms with Gasteiger partial charge < -0.3 is 15.4 Å². The van der Waals surface area contributed by atoms with Crippen molar-refractivity contribution in [3.8, 4) is 0 Å². The molecular weight excluding hydrogens is 280 g/mol. The number of nitrogens with one attached hydrogen (secondary N) is 2. The van der Waals surface area contributed by atoms with Gasteiger partial charge in [-0.05, 0) is 25.5 Å². The average Bonchev–Trinajstić information content (AvgIpc) is 2.43. The fourth-order valence-electron chi connectivity index (χ4n) is 1.54. The molecule has 0 heterocycles. The number of para-hydroxylation sites is 1. The molecule has 0 aliphatic carbocycles. The Morgan fingerprint density at radius 1 is 1.30 bits per heavy atom. The number of rotatable bonds is 8. The number of halogens is 1. The maximum atomic E-state index is 11.6. The monoisotopic (exact) mass is 298 g/mol. The van der Waals surface area contributed by atoms with Crippen molar-refractivity contribution in [2.24, 2.45) is 0 Å². The smallest absolute Gasteiger partial charge is 0.305 e. The van der Waals surface area contributed by atoms with Crippen LogP contribution in [0, 0.1) is 0 Å². The minimum atomic E-state index is -0.240. The normalized spacial score (nSPS) is 9.90. The summed E-state index contributed by atoms with van der Waals surface area (Å²) in [4.78, 5) is 22.6. The number of ether oxygens (including phenoxy) is 1. The van der Waals surface area contributed by atoms with Crippen LogP contribution in [-0.2, 0) is 14.3 Å². The summed E-state index contributed by atoms with van der Waals surface area (Å²) in [5.41, 5.74) is 0.718. The molecule has 0 aliphatic heterocycles. The SMILES string of the molecule is CCOC(=O)CCCNC(=O)CNc1ccccc1Cl. The van der Waals surface area contributed by atoms with Gasteiger partial charge in [-0.3, -0.25) is 9.59 Å². The molecule has 1 rings (SSSR count). The fraction of sp³-hybridized carbons (Fsp3) is 0.429. The molecule has 1 amide bonds. The molecule has 0 aromatic heterocycles. The fourth-order valence-corrected chi connectivity index (χ4v) is 1.74. The van der Waals surface area contributed by atoms with Gasteiger partial charge in [0.1, 0.15) is 0 Å². The Morgan fingerprint density at radius 3 is 2.75 bits per heavy atom. The zero-order valence-corrected chi connectivity index (χ0v) is 12.2. The lowest BCUT2D eigenvalue weighted by molar-refractivity contribution is -0.143. The van der Waals surface area contributed by atoms with Crippen molar-refractivity contribution in [1.82, 2.24) is 5.32 Å². The molecule has 20 heavy (non-hydrogen) atoms. The second-order valence-corrected chi connectivity index (χ2v) is 4.50. The summed E-state index contributed by atoms with van der Waals surface area (Å²) in [5, 5.41) is 6.24. The molecule has 110 valence electrons. The van der Waals surface area contributed by atoms with Crippen molar-refractivity contribution in [2.75, 3.05) is 25.0 Å². The van der Waals surface area contributed by atoms with E-state index in [0.717, 1.165) is 5.69 Å². The van der Waals surface area contributed by atoms with E-state index >= 15 is 0 Å². The van der Waals surface area contributed by atoms with Crippen LogP contribution in [0.25, 0.3) is 0 Å².